The minimum Gasteiger partial charge on any atom is -0.325 e. The van der Waals surface area contributed by atoms with E-state index in [-0.39, 0.29) is 24.8 Å². The summed E-state index contributed by atoms with van der Waals surface area (Å²) in [6.45, 7) is -0.00536. The monoisotopic (exact) mass is 310 g/mol. The Balaban J connectivity index is 1.62. The average molecular weight is 310 g/mol. The van der Waals surface area contributed by atoms with Gasteiger partial charge in [-0.15, -0.1) is 0 Å². The van der Waals surface area contributed by atoms with E-state index in [1.165, 1.54) is 6.20 Å². The van der Waals surface area contributed by atoms with E-state index in [0.717, 1.165) is 4.90 Å². The molecule has 2 heterocycles. The van der Waals surface area contributed by atoms with Crippen molar-refractivity contribution in [2.75, 3.05) is 11.9 Å². The Bertz CT molecular complexity index is 737. The summed E-state index contributed by atoms with van der Waals surface area (Å²) in [5.74, 6) is -1.19. The van der Waals surface area contributed by atoms with Crippen molar-refractivity contribution < 1.29 is 14.4 Å². The van der Waals surface area contributed by atoms with Crippen LogP contribution in [0.1, 0.15) is 6.42 Å². The number of pyridine rings is 1. The van der Waals surface area contributed by atoms with Crippen molar-refractivity contribution in [3.8, 4) is 0 Å². The average Bonchev–Trinajstić information content (AvgIpc) is 2.55. The van der Waals surface area contributed by atoms with Gasteiger partial charge >= 0.3 is 6.03 Å². The van der Waals surface area contributed by atoms with Crippen LogP contribution in [0.5, 0.6) is 0 Å². The van der Waals surface area contributed by atoms with Gasteiger partial charge in [-0.2, -0.15) is 4.99 Å². The highest BCUT2D eigenvalue weighted by molar-refractivity contribution is 6.21. The lowest BCUT2D eigenvalue weighted by Crippen LogP contribution is -2.46. The molecule has 4 amide bonds. The fraction of sp³-hybridized carbons (Fsp3) is 0.188. The molecule has 1 unspecified atom stereocenters. The summed E-state index contributed by atoms with van der Waals surface area (Å²) in [5, 5.41) is 2.66. The number of amides is 4. The second-order valence-electron chi connectivity index (χ2n) is 5.07. The molecular weight excluding hydrogens is 296 g/mol. The minimum absolute atomic E-state index is 0.00347. The van der Waals surface area contributed by atoms with E-state index in [0.29, 0.717) is 11.4 Å². The number of hydrogen-bond donors (Lipinski definition) is 1. The summed E-state index contributed by atoms with van der Waals surface area (Å²) >= 11 is 0. The van der Waals surface area contributed by atoms with Crippen molar-refractivity contribution >= 4 is 29.2 Å². The maximum absolute atomic E-state index is 12.3. The summed E-state index contributed by atoms with van der Waals surface area (Å²) in [7, 11) is 0. The predicted octanol–water partition coefficient (Wildman–Crippen LogP) is 1.56. The molecule has 7 heteroatoms. The van der Waals surface area contributed by atoms with E-state index < -0.39 is 11.9 Å². The summed E-state index contributed by atoms with van der Waals surface area (Å²) in [5.41, 5.74) is 1.01. The van der Waals surface area contributed by atoms with Gasteiger partial charge in [-0.25, -0.2) is 4.79 Å². The van der Waals surface area contributed by atoms with E-state index in [1.54, 1.807) is 42.6 Å². The van der Waals surface area contributed by atoms with Crippen LogP contribution in [0.25, 0.3) is 0 Å². The number of urea groups is 1. The highest BCUT2D eigenvalue weighted by Crippen LogP contribution is 2.19. The first-order valence-electron chi connectivity index (χ1n) is 7.14. The second-order valence-corrected chi connectivity index (χ2v) is 5.07. The van der Waals surface area contributed by atoms with Gasteiger partial charge in [0.25, 0.3) is 0 Å². The number of fused-ring (bicyclic) bond motifs is 1. The zero-order valence-corrected chi connectivity index (χ0v) is 12.2. The zero-order chi connectivity index (χ0) is 16.2. The topological polar surface area (TPSA) is 91.7 Å². The maximum atomic E-state index is 12.3. The highest BCUT2D eigenvalue weighted by Gasteiger charge is 2.35. The first-order chi connectivity index (χ1) is 11.1. The first-order valence-corrected chi connectivity index (χ1v) is 7.14. The Morgan fingerprint density at radius 3 is 2.96 bits per heavy atom. The molecular formula is C16H14N4O3. The summed E-state index contributed by atoms with van der Waals surface area (Å²) in [6.07, 6.45) is 9.93. The molecule has 116 valence electrons. The lowest BCUT2D eigenvalue weighted by molar-refractivity contribution is -0.129. The van der Waals surface area contributed by atoms with Crippen molar-refractivity contribution in [3.63, 3.8) is 0 Å². The molecule has 0 fully saturated rings. The standard InChI is InChI=1S/C16H14N4O3/c21-14(18-11-4-3-8-17-10-11)7-9-20-15(22)12-5-1-2-6-13(12)19-16(20)23/h1-6,8,10,12H,7,9H2,(H,18,21). The van der Waals surface area contributed by atoms with Gasteiger partial charge in [-0.1, -0.05) is 18.2 Å². The van der Waals surface area contributed by atoms with Crippen LogP contribution in [0.4, 0.5) is 10.5 Å². The molecule has 1 aliphatic carbocycles. The molecule has 7 nitrogen and oxygen atoms in total. The van der Waals surface area contributed by atoms with Gasteiger partial charge in [0.2, 0.25) is 11.8 Å². The molecule has 1 aromatic rings. The SMILES string of the molecule is O=C(CCN1C(=O)N=C2C=CC=CC2C1=O)Nc1cccnc1. The fourth-order valence-corrected chi connectivity index (χ4v) is 2.36. The number of nitrogens with one attached hydrogen (secondary N) is 1. The molecule has 0 saturated heterocycles. The predicted molar refractivity (Wildman–Crippen MR) is 83.8 cm³/mol. The Morgan fingerprint density at radius 2 is 2.17 bits per heavy atom. The van der Waals surface area contributed by atoms with Gasteiger partial charge in [-0.3, -0.25) is 19.5 Å². The molecule has 23 heavy (non-hydrogen) atoms. The molecule has 0 radical (unpaired) electrons. The van der Waals surface area contributed by atoms with Crippen LogP contribution < -0.4 is 5.32 Å². The van der Waals surface area contributed by atoms with E-state index in [1.807, 2.05) is 0 Å². The number of carbonyl (C=O) groups excluding carboxylic acids is 3. The van der Waals surface area contributed by atoms with Crippen molar-refractivity contribution in [3.05, 3.63) is 48.8 Å². The Morgan fingerprint density at radius 1 is 1.30 bits per heavy atom. The van der Waals surface area contributed by atoms with Crippen molar-refractivity contribution in [2.45, 2.75) is 6.42 Å². The minimum atomic E-state index is -0.629. The number of imide groups is 1. The molecule has 0 bridgehead atoms. The third kappa shape index (κ3) is 3.23. The smallest absolute Gasteiger partial charge is 0.325 e. The van der Waals surface area contributed by atoms with E-state index in [2.05, 4.69) is 15.3 Å². The van der Waals surface area contributed by atoms with Crippen molar-refractivity contribution in [1.82, 2.24) is 9.88 Å². The fourth-order valence-electron chi connectivity index (χ4n) is 2.36. The summed E-state index contributed by atoms with van der Waals surface area (Å²) in [4.78, 5) is 45.0. The van der Waals surface area contributed by atoms with E-state index in [9.17, 15) is 14.4 Å². The lowest BCUT2D eigenvalue weighted by atomic mass is 9.95. The van der Waals surface area contributed by atoms with Crippen LogP contribution in [0.15, 0.2) is 53.8 Å². The molecule has 0 spiro atoms. The van der Waals surface area contributed by atoms with Gasteiger partial charge < -0.3 is 5.32 Å². The summed E-state index contributed by atoms with van der Waals surface area (Å²) in [6, 6.07) is 2.78. The van der Waals surface area contributed by atoms with Crippen LogP contribution in [-0.2, 0) is 9.59 Å². The number of carbonyl (C=O) groups is 3. The van der Waals surface area contributed by atoms with Crippen molar-refractivity contribution in [1.29, 1.82) is 0 Å². The second kappa shape index (κ2) is 6.35. The van der Waals surface area contributed by atoms with Crippen LogP contribution >= 0.6 is 0 Å². The molecule has 0 aromatic carbocycles. The number of allylic oxidation sites excluding steroid dienone is 3. The number of nitrogens with zero attached hydrogens (tertiary/aromatic N) is 3. The van der Waals surface area contributed by atoms with E-state index >= 15 is 0 Å². The molecule has 0 saturated carbocycles. The third-order valence-corrected chi connectivity index (χ3v) is 3.50. The van der Waals surface area contributed by atoms with Crippen LogP contribution in [-0.4, -0.2) is 40.0 Å². The number of aromatic nitrogens is 1. The van der Waals surface area contributed by atoms with Crippen LogP contribution in [0.2, 0.25) is 0 Å². The molecule has 1 N–H and O–H groups in total. The number of aliphatic imine (C=N–C) groups is 1. The molecule has 1 aromatic heterocycles. The van der Waals surface area contributed by atoms with Gasteiger partial charge in [0.05, 0.1) is 23.5 Å². The quantitative estimate of drug-likeness (QED) is 0.913. The van der Waals surface area contributed by atoms with E-state index in [4.69, 9.17) is 0 Å². The van der Waals surface area contributed by atoms with Gasteiger partial charge in [0, 0.05) is 19.2 Å². The third-order valence-electron chi connectivity index (χ3n) is 3.50. The zero-order valence-electron chi connectivity index (χ0n) is 12.2. The summed E-state index contributed by atoms with van der Waals surface area (Å²) < 4.78 is 0. The Hall–Kier alpha value is -3.09. The number of hydrogen-bond acceptors (Lipinski definition) is 4. The molecule has 1 aliphatic heterocycles. The first kappa shape index (κ1) is 14.8. The largest absolute Gasteiger partial charge is 0.350 e. The Kier molecular flexibility index (Phi) is 4.09. The molecule has 2 aliphatic rings. The molecule has 3 rings (SSSR count). The van der Waals surface area contributed by atoms with Crippen LogP contribution in [0, 0.1) is 5.92 Å². The number of rotatable bonds is 4. The maximum Gasteiger partial charge on any atom is 0.350 e. The van der Waals surface area contributed by atoms with Crippen molar-refractivity contribution in [2.24, 2.45) is 10.9 Å². The highest BCUT2D eigenvalue weighted by atomic mass is 16.2. The van der Waals surface area contributed by atoms with Gasteiger partial charge in [-0.05, 0) is 18.2 Å². The molecule has 1 atom stereocenters. The normalized spacial score (nSPS) is 19.4. The lowest BCUT2D eigenvalue weighted by Gasteiger charge is -2.28. The van der Waals surface area contributed by atoms with Gasteiger partial charge in [0.1, 0.15) is 0 Å². The van der Waals surface area contributed by atoms with Crippen LogP contribution in [0.3, 0.4) is 0 Å². The van der Waals surface area contributed by atoms with Gasteiger partial charge in [0.15, 0.2) is 0 Å². The Labute approximate surface area is 132 Å². The number of anilines is 1.